The summed E-state index contributed by atoms with van der Waals surface area (Å²) >= 11 is 1.37. The van der Waals surface area contributed by atoms with Gasteiger partial charge in [0.1, 0.15) is 10.8 Å². The molecule has 1 N–H and O–H groups in total. The largest absolute Gasteiger partial charge is 0.497 e. The predicted molar refractivity (Wildman–Crippen MR) is 113 cm³/mol. The third kappa shape index (κ3) is 3.73. The standard InChI is InChI=1S/C22H19N3O2S/c1-14(16-8-9-18-13-19(27-2)11-10-17(18)12-16)20(26)23-22-25-24-21(28-22)15-6-4-3-5-7-15/h3-14H,1-2H3,(H,23,25,26)/t14-/m0/s1. The molecule has 0 unspecified atom stereocenters. The number of nitrogens with one attached hydrogen (secondary N) is 1. The maximum atomic E-state index is 12.7. The molecule has 0 saturated heterocycles. The number of rotatable bonds is 5. The third-order valence-electron chi connectivity index (χ3n) is 4.64. The molecule has 0 spiro atoms. The minimum atomic E-state index is -0.310. The van der Waals surface area contributed by atoms with Crippen molar-refractivity contribution >= 4 is 33.1 Å². The smallest absolute Gasteiger partial charge is 0.233 e. The van der Waals surface area contributed by atoms with E-state index in [9.17, 15) is 4.79 Å². The first-order valence-corrected chi connectivity index (χ1v) is 9.73. The first-order valence-electron chi connectivity index (χ1n) is 8.91. The summed E-state index contributed by atoms with van der Waals surface area (Å²) in [5, 5.41) is 14.6. The molecule has 0 radical (unpaired) electrons. The minimum absolute atomic E-state index is 0.108. The zero-order valence-corrected chi connectivity index (χ0v) is 16.4. The number of anilines is 1. The minimum Gasteiger partial charge on any atom is -0.497 e. The molecule has 3 aromatic carbocycles. The number of carbonyl (C=O) groups is 1. The Bertz CT molecular complexity index is 1130. The lowest BCUT2D eigenvalue weighted by Gasteiger charge is -2.12. The molecule has 140 valence electrons. The molecule has 0 bridgehead atoms. The van der Waals surface area contributed by atoms with E-state index in [1.54, 1.807) is 7.11 Å². The molecule has 5 nitrogen and oxygen atoms in total. The fraction of sp³-hybridized carbons (Fsp3) is 0.136. The summed E-state index contributed by atoms with van der Waals surface area (Å²) < 4.78 is 5.26. The number of fused-ring (bicyclic) bond motifs is 1. The van der Waals surface area contributed by atoms with Gasteiger partial charge in [0.25, 0.3) is 0 Å². The van der Waals surface area contributed by atoms with Crippen molar-refractivity contribution in [2.75, 3.05) is 12.4 Å². The van der Waals surface area contributed by atoms with Gasteiger partial charge in [-0.3, -0.25) is 10.1 Å². The Morgan fingerprint density at radius 3 is 2.54 bits per heavy atom. The van der Waals surface area contributed by atoms with Crippen molar-refractivity contribution in [3.8, 4) is 16.3 Å². The molecule has 0 aliphatic rings. The Morgan fingerprint density at radius 2 is 1.75 bits per heavy atom. The molecular formula is C22H19N3O2S. The monoisotopic (exact) mass is 389 g/mol. The number of hydrogen-bond acceptors (Lipinski definition) is 5. The molecule has 0 aliphatic heterocycles. The van der Waals surface area contributed by atoms with E-state index in [1.807, 2.05) is 73.7 Å². The summed E-state index contributed by atoms with van der Waals surface area (Å²) in [6.07, 6.45) is 0. The van der Waals surface area contributed by atoms with E-state index in [1.165, 1.54) is 11.3 Å². The molecule has 1 heterocycles. The number of ether oxygens (including phenoxy) is 1. The van der Waals surface area contributed by atoms with Crippen molar-refractivity contribution in [2.24, 2.45) is 0 Å². The van der Waals surface area contributed by atoms with Gasteiger partial charge in [0, 0.05) is 5.56 Å². The van der Waals surface area contributed by atoms with Crippen LogP contribution in [0, 0.1) is 0 Å². The van der Waals surface area contributed by atoms with Crippen LogP contribution in [0.25, 0.3) is 21.3 Å². The van der Waals surface area contributed by atoms with Crippen molar-refractivity contribution in [3.63, 3.8) is 0 Å². The Balaban J connectivity index is 1.50. The van der Waals surface area contributed by atoms with E-state index in [0.29, 0.717) is 5.13 Å². The highest BCUT2D eigenvalue weighted by atomic mass is 32.1. The maximum Gasteiger partial charge on any atom is 0.233 e. The Labute approximate surface area is 167 Å². The fourth-order valence-corrected chi connectivity index (χ4v) is 3.73. The molecule has 1 aromatic heterocycles. The lowest BCUT2D eigenvalue weighted by Crippen LogP contribution is -2.18. The van der Waals surface area contributed by atoms with Gasteiger partial charge in [-0.05, 0) is 35.4 Å². The molecule has 0 aliphatic carbocycles. The predicted octanol–water partition coefficient (Wildman–Crippen LogP) is 5.11. The maximum absolute atomic E-state index is 12.7. The van der Waals surface area contributed by atoms with E-state index in [-0.39, 0.29) is 11.8 Å². The van der Waals surface area contributed by atoms with Gasteiger partial charge in [-0.15, -0.1) is 10.2 Å². The van der Waals surface area contributed by atoms with E-state index in [4.69, 9.17) is 4.74 Å². The van der Waals surface area contributed by atoms with Crippen LogP contribution in [0.15, 0.2) is 66.7 Å². The van der Waals surface area contributed by atoms with Crippen molar-refractivity contribution in [1.29, 1.82) is 0 Å². The number of methoxy groups -OCH3 is 1. The topological polar surface area (TPSA) is 64.1 Å². The van der Waals surface area contributed by atoms with Crippen LogP contribution in [0.5, 0.6) is 5.75 Å². The van der Waals surface area contributed by atoms with E-state index < -0.39 is 0 Å². The van der Waals surface area contributed by atoms with E-state index >= 15 is 0 Å². The van der Waals surface area contributed by atoms with Crippen LogP contribution in [0.4, 0.5) is 5.13 Å². The van der Waals surface area contributed by atoms with Gasteiger partial charge >= 0.3 is 0 Å². The number of benzene rings is 3. The summed E-state index contributed by atoms with van der Waals surface area (Å²) in [4.78, 5) is 12.7. The van der Waals surface area contributed by atoms with Crippen LogP contribution in [0.2, 0.25) is 0 Å². The van der Waals surface area contributed by atoms with Crippen LogP contribution in [-0.2, 0) is 4.79 Å². The average Bonchev–Trinajstić information content (AvgIpc) is 3.21. The number of aromatic nitrogens is 2. The van der Waals surface area contributed by atoms with Gasteiger partial charge in [0.15, 0.2) is 0 Å². The molecule has 1 atom stereocenters. The molecule has 6 heteroatoms. The highest BCUT2D eigenvalue weighted by Crippen LogP contribution is 2.28. The van der Waals surface area contributed by atoms with Gasteiger partial charge in [-0.2, -0.15) is 0 Å². The number of carbonyl (C=O) groups excluding carboxylic acids is 1. The van der Waals surface area contributed by atoms with Gasteiger partial charge in [0.2, 0.25) is 11.0 Å². The lowest BCUT2D eigenvalue weighted by molar-refractivity contribution is -0.117. The van der Waals surface area contributed by atoms with Crippen molar-refractivity contribution in [2.45, 2.75) is 12.8 Å². The molecule has 0 saturated carbocycles. The molecule has 4 rings (SSSR count). The van der Waals surface area contributed by atoms with Crippen LogP contribution < -0.4 is 10.1 Å². The lowest BCUT2D eigenvalue weighted by atomic mass is 9.97. The van der Waals surface area contributed by atoms with Gasteiger partial charge < -0.3 is 4.74 Å². The highest BCUT2D eigenvalue weighted by molar-refractivity contribution is 7.18. The number of hydrogen-bond donors (Lipinski definition) is 1. The summed E-state index contributed by atoms with van der Waals surface area (Å²) in [7, 11) is 1.65. The first kappa shape index (κ1) is 18.1. The van der Waals surface area contributed by atoms with Crippen molar-refractivity contribution < 1.29 is 9.53 Å². The van der Waals surface area contributed by atoms with Gasteiger partial charge in [0.05, 0.1) is 13.0 Å². The molecule has 4 aromatic rings. The zero-order chi connectivity index (χ0) is 19.5. The SMILES string of the molecule is COc1ccc2cc([C@H](C)C(=O)Nc3nnc(-c4ccccc4)s3)ccc2c1. The second-order valence-electron chi connectivity index (χ2n) is 6.46. The van der Waals surface area contributed by atoms with Crippen molar-refractivity contribution in [3.05, 3.63) is 72.3 Å². The second-order valence-corrected chi connectivity index (χ2v) is 7.44. The highest BCUT2D eigenvalue weighted by Gasteiger charge is 2.18. The van der Waals surface area contributed by atoms with Crippen LogP contribution in [0.3, 0.4) is 0 Å². The quantitative estimate of drug-likeness (QED) is 0.515. The van der Waals surface area contributed by atoms with E-state index in [2.05, 4.69) is 15.5 Å². The summed E-state index contributed by atoms with van der Waals surface area (Å²) in [6.45, 7) is 1.89. The van der Waals surface area contributed by atoms with Crippen LogP contribution in [-0.4, -0.2) is 23.2 Å². The number of nitrogens with zero attached hydrogens (tertiary/aromatic N) is 2. The third-order valence-corrected chi connectivity index (χ3v) is 5.53. The second kappa shape index (κ2) is 7.78. The molecule has 28 heavy (non-hydrogen) atoms. The Morgan fingerprint density at radius 1 is 1.00 bits per heavy atom. The van der Waals surface area contributed by atoms with Crippen molar-refractivity contribution in [1.82, 2.24) is 10.2 Å². The van der Waals surface area contributed by atoms with Crippen LogP contribution in [0.1, 0.15) is 18.4 Å². The van der Waals surface area contributed by atoms with Gasteiger partial charge in [-0.1, -0.05) is 65.9 Å². The summed E-state index contributed by atoms with van der Waals surface area (Å²) in [5.41, 5.74) is 1.93. The molecule has 1 amide bonds. The first-order chi connectivity index (χ1) is 13.6. The normalized spacial score (nSPS) is 11.9. The number of amides is 1. The van der Waals surface area contributed by atoms with Gasteiger partial charge in [-0.25, -0.2) is 0 Å². The Hall–Kier alpha value is -3.25. The zero-order valence-electron chi connectivity index (χ0n) is 15.5. The average molecular weight is 389 g/mol. The summed E-state index contributed by atoms with van der Waals surface area (Å²) in [5.74, 6) is 0.399. The summed E-state index contributed by atoms with van der Waals surface area (Å²) in [6, 6.07) is 21.7. The molecular weight excluding hydrogens is 370 g/mol. The van der Waals surface area contributed by atoms with Crippen LogP contribution >= 0.6 is 11.3 Å². The fourth-order valence-electron chi connectivity index (χ4n) is 2.97. The van der Waals surface area contributed by atoms with E-state index in [0.717, 1.165) is 32.7 Å². The Kier molecular flexibility index (Phi) is 5.04. The molecule has 0 fully saturated rings.